The maximum atomic E-state index is 3.30. The van der Waals surface area contributed by atoms with E-state index in [0.29, 0.717) is 0 Å². The summed E-state index contributed by atoms with van der Waals surface area (Å²) in [5, 5.41) is 4.24. The van der Waals surface area contributed by atoms with Crippen LogP contribution in [0.3, 0.4) is 0 Å². The van der Waals surface area contributed by atoms with Gasteiger partial charge in [-0.15, -0.1) is 42.0 Å². The van der Waals surface area contributed by atoms with Crippen LogP contribution in [0.5, 0.6) is 0 Å². The van der Waals surface area contributed by atoms with Gasteiger partial charge in [-0.1, -0.05) is 53.3 Å². The minimum atomic E-state index is 0. The molecule has 2 aliphatic rings. The molecule has 0 saturated carbocycles. The molecule has 0 aliphatic heterocycles. The van der Waals surface area contributed by atoms with Crippen molar-refractivity contribution in [2.45, 2.75) is 26.7 Å². The van der Waals surface area contributed by atoms with Crippen LogP contribution in [0.25, 0.3) is 16.7 Å². The van der Waals surface area contributed by atoms with E-state index in [-0.39, 0.29) is 24.8 Å². The van der Waals surface area contributed by atoms with Gasteiger partial charge in [0.05, 0.1) is 0 Å². The summed E-state index contributed by atoms with van der Waals surface area (Å²) in [6, 6.07) is 20.2. The standard InChI is InChI=1S/C13H9.C9H7S.C3H6.2ClH.Zr/c1-3-7-12-10(5-1)9-11-6-2-4-8-13(11)12;1-2-4-8(3-1)9-5-6-10-7-9;1-3-2;;;/h1-5,7-8H,9H2;1,3,5-7H,2H2;1-2H3;2*1H;/q2*-1;;;;+2. The Morgan fingerprint density at radius 1 is 1.00 bits per heavy atom. The Morgan fingerprint density at radius 3 is 2.38 bits per heavy atom. The maximum Gasteiger partial charge on any atom is -0.0219 e. The van der Waals surface area contributed by atoms with Crippen LogP contribution in [-0.2, 0) is 30.7 Å². The summed E-state index contributed by atoms with van der Waals surface area (Å²) in [6.45, 7) is 4.25. The SMILES string of the molecule is C[C](C)=[Zr+2].Cl.Cl.[C-]1=C(c2ccsc2)C=CC1.[c-]1cccc2c1Cc1ccccc1-2. The van der Waals surface area contributed by atoms with Gasteiger partial charge >= 0.3 is 41.3 Å². The van der Waals surface area contributed by atoms with Gasteiger partial charge in [-0.25, -0.2) is 0 Å². The molecule has 5 rings (SSSR count). The number of benzene rings is 2. The molecule has 29 heavy (non-hydrogen) atoms. The van der Waals surface area contributed by atoms with Crippen LogP contribution in [0.2, 0.25) is 0 Å². The fourth-order valence-electron chi connectivity index (χ4n) is 3.02. The van der Waals surface area contributed by atoms with E-state index in [1.165, 1.54) is 36.6 Å². The van der Waals surface area contributed by atoms with E-state index in [0.717, 1.165) is 12.8 Å². The molecule has 0 nitrogen and oxygen atoms in total. The summed E-state index contributed by atoms with van der Waals surface area (Å²) in [4.78, 5) is 0. The Bertz CT molecular complexity index is 925. The van der Waals surface area contributed by atoms with E-state index in [9.17, 15) is 0 Å². The van der Waals surface area contributed by atoms with Gasteiger partial charge in [0.1, 0.15) is 0 Å². The van der Waals surface area contributed by atoms with Crippen LogP contribution >= 0.6 is 36.2 Å². The van der Waals surface area contributed by atoms with Crippen LogP contribution in [0, 0.1) is 12.1 Å². The van der Waals surface area contributed by atoms with E-state index in [1.807, 2.05) is 6.07 Å². The van der Waals surface area contributed by atoms with Crippen LogP contribution in [0.15, 0.2) is 71.4 Å². The molecule has 4 heteroatoms. The molecule has 3 aromatic rings. The Kier molecular flexibility index (Phi) is 11.9. The molecule has 2 aliphatic carbocycles. The van der Waals surface area contributed by atoms with E-state index in [2.05, 4.69) is 91.4 Å². The molecule has 0 spiro atoms. The predicted molar refractivity (Wildman–Crippen MR) is 129 cm³/mol. The molecule has 0 N–H and O–H groups in total. The molecule has 0 saturated heterocycles. The molecule has 0 unspecified atom stereocenters. The van der Waals surface area contributed by atoms with Crippen molar-refractivity contribution in [1.82, 2.24) is 0 Å². The average molecular weight is 519 g/mol. The van der Waals surface area contributed by atoms with Crippen LogP contribution in [0.1, 0.15) is 37.0 Å². The minimum absolute atomic E-state index is 0. The van der Waals surface area contributed by atoms with Gasteiger partial charge in [0.25, 0.3) is 0 Å². The third-order valence-corrected chi connectivity index (χ3v) is 4.83. The molecule has 1 heterocycles. The molecule has 1 aromatic heterocycles. The van der Waals surface area contributed by atoms with Crippen molar-refractivity contribution < 1.29 is 24.2 Å². The summed E-state index contributed by atoms with van der Waals surface area (Å²) in [7, 11) is 0. The van der Waals surface area contributed by atoms with Gasteiger partial charge in [-0.3, -0.25) is 0 Å². The summed E-state index contributed by atoms with van der Waals surface area (Å²) in [5.41, 5.74) is 8.07. The quantitative estimate of drug-likeness (QED) is 0.228. The third kappa shape index (κ3) is 7.61. The van der Waals surface area contributed by atoms with E-state index in [4.69, 9.17) is 0 Å². The smallest absolute Gasteiger partial charge is 0.0219 e. The van der Waals surface area contributed by atoms with Crippen LogP contribution in [0.4, 0.5) is 0 Å². The first-order chi connectivity index (χ1) is 13.1. The third-order valence-electron chi connectivity index (χ3n) is 4.14. The van der Waals surface area contributed by atoms with Crippen molar-refractivity contribution in [3.63, 3.8) is 0 Å². The fraction of sp³-hybridized carbons (Fsp3) is 0.160. The summed E-state index contributed by atoms with van der Waals surface area (Å²) < 4.78 is 1.51. The van der Waals surface area contributed by atoms with E-state index < -0.39 is 0 Å². The van der Waals surface area contributed by atoms with E-state index in [1.54, 1.807) is 35.6 Å². The molecule has 0 bridgehead atoms. The number of halogens is 2. The molecule has 0 amide bonds. The second-order valence-electron chi connectivity index (χ2n) is 6.61. The Labute approximate surface area is 205 Å². The first-order valence-corrected chi connectivity index (χ1v) is 11.2. The monoisotopic (exact) mass is 516 g/mol. The van der Waals surface area contributed by atoms with Crippen molar-refractivity contribution in [3.05, 3.63) is 100 Å². The number of rotatable bonds is 1. The van der Waals surface area contributed by atoms with Gasteiger partial charge in [0.15, 0.2) is 0 Å². The molecule has 2 aromatic carbocycles. The second-order valence-corrected chi connectivity index (χ2v) is 9.84. The van der Waals surface area contributed by atoms with Gasteiger partial charge in [-0.2, -0.15) is 58.9 Å². The second kappa shape index (κ2) is 13.3. The first kappa shape index (κ1) is 26.0. The van der Waals surface area contributed by atoms with Crippen molar-refractivity contribution in [1.29, 1.82) is 0 Å². The fourth-order valence-corrected chi connectivity index (χ4v) is 3.67. The van der Waals surface area contributed by atoms with Gasteiger partial charge in [0.2, 0.25) is 0 Å². The normalized spacial score (nSPS) is 11.9. The molecule has 0 fully saturated rings. The molecule has 148 valence electrons. The zero-order chi connectivity index (χ0) is 19.1. The Hall–Kier alpha value is -1.05. The first-order valence-electron chi connectivity index (χ1n) is 9.04. The van der Waals surface area contributed by atoms with Crippen molar-refractivity contribution >= 4 is 44.9 Å². The number of allylic oxidation sites excluding steroid dienone is 4. The van der Waals surface area contributed by atoms with Crippen molar-refractivity contribution in [2.75, 3.05) is 0 Å². The Morgan fingerprint density at radius 2 is 1.72 bits per heavy atom. The van der Waals surface area contributed by atoms with Gasteiger partial charge in [0, 0.05) is 0 Å². The number of hydrogen-bond donors (Lipinski definition) is 0. The predicted octanol–water partition coefficient (Wildman–Crippen LogP) is 7.54. The molecular weight excluding hydrogens is 494 g/mol. The maximum absolute atomic E-state index is 3.30. The van der Waals surface area contributed by atoms with Gasteiger partial charge < -0.3 is 0 Å². The van der Waals surface area contributed by atoms with Gasteiger partial charge in [-0.05, 0) is 11.8 Å². The van der Waals surface area contributed by atoms with Crippen molar-refractivity contribution in [3.8, 4) is 11.1 Å². The number of fused-ring (bicyclic) bond motifs is 3. The largest absolute Gasteiger partial charge is 0.197 e. The Balaban J connectivity index is 0.000000237. The zero-order valence-electron chi connectivity index (χ0n) is 16.6. The molecule has 0 atom stereocenters. The summed E-state index contributed by atoms with van der Waals surface area (Å²) in [6.07, 6.45) is 9.56. The average Bonchev–Trinajstić information content (AvgIpc) is 3.41. The minimum Gasteiger partial charge on any atom is -0.197 e. The summed E-state index contributed by atoms with van der Waals surface area (Å²) >= 11 is 3.29. The topological polar surface area (TPSA) is 0 Å². The number of thiophene rings is 1. The molecule has 0 radical (unpaired) electrons. The zero-order valence-corrected chi connectivity index (χ0v) is 21.5. The number of hydrogen-bond acceptors (Lipinski definition) is 1. The van der Waals surface area contributed by atoms with Crippen molar-refractivity contribution in [2.24, 2.45) is 0 Å². The van der Waals surface area contributed by atoms with E-state index >= 15 is 0 Å². The molecular formula is C25H24Cl2SZr. The van der Waals surface area contributed by atoms with Crippen LogP contribution < -0.4 is 0 Å². The summed E-state index contributed by atoms with van der Waals surface area (Å²) in [5.74, 6) is 0. The van der Waals surface area contributed by atoms with Crippen LogP contribution in [-0.4, -0.2) is 3.21 Å².